The molecule has 4 nitrogen and oxygen atoms in total. The zero-order chi connectivity index (χ0) is 23.3. The third-order valence-electron chi connectivity index (χ3n) is 4.54. The summed E-state index contributed by atoms with van der Waals surface area (Å²) in [6.45, 7) is 1.73. The largest absolute Gasteiger partial charge is 0.858 e. The second kappa shape index (κ2) is 10.1. The summed E-state index contributed by atoms with van der Waals surface area (Å²) in [5.41, 5.74) is 1.39. The Balaban J connectivity index is 1.82. The van der Waals surface area contributed by atoms with E-state index in [1.54, 1.807) is 37.5 Å². The lowest BCUT2D eigenvalue weighted by Gasteiger charge is -2.18. The second-order valence-electron chi connectivity index (χ2n) is 6.94. The van der Waals surface area contributed by atoms with E-state index >= 15 is 0 Å². The zero-order valence-corrected chi connectivity index (χ0v) is 18.3. The van der Waals surface area contributed by atoms with Crippen LogP contribution >= 0.6 is 23.2 Å². The first-order valence-electron chi connectivity index (χ1n) is 9.43. The van der Waals surface area contributed by atoms with E-state index in [2.05, 4.69) is 15.0 Å². The molecule has 0 bridgehead atoms. The predicted octanol–water partition coefficient (Wildman–Crippen LogP) is 5.76. The molecule has 1 heterocycles. The second-order valence-corrected chi connectivity index (χ2v) is 7.81. The first-order chi connectivity index (χ1) is 15.1. The van der Waals surface area contributed by atoms with Gasteiger partial charge in [0.25, 0.3) is 0 Å². The molecule has 2 aromatic carbocycles. The maximum Gasteiger partial charge on any atom is 0.399 e. The topological polar surface area (TPSA) is 61.2 Å². The molecular formula is C23H17Cl2F3N3O-. The molecule has 3 aromatic rings. The van der Waals surface area contributed by atoms with Crippen LogP contribution in [0.5, 0.6) is 0 Å². The van der Waals surface area contributed by atoms with Crippen molar-refractivity contribution < 1.29 is 18.3 Å². The fourth-order valence-corrected chi connectivity index (χ4v) is 3.58. The summed E-state index contributed by atoms with van der Waals surface area (Å²) in [6.07, 6.45) is 0.965. The molecule has 3 rings (SSSR count). The van der Waals surface area contributed by atoms with Gasteiger partial charge in [-0.2, -0.15) is 13.2 Å². The van der Waals surface area contributed by atoms with Crippen molar-refractivity contribution in [1.82, 2.24) is 9.97 Å². The molecule has 0 amide bonds. The molecule has 0 aliphatic carbocycles. The van der Waals surface area contributed by atoms with E-state index in [4.69, 9.17) is 23.2 Å². The van der Waals surface area contributed by atoms with Crippen molar-refractivity contribution >= 4 is 35.2 Å². The number of halogens is 5. The smallest absolute Gasteiger partial charge is 0.399 e. The molecule has 0 radical (unpaired) electrons. The van der Waals surface area contributed by atoms with Crippen LogP contribution in [0.4, 0.5) is 13.2 Å². The molecule has 1 atom stereocenters. The molecule has 9 heteroatoms. The predicted molar refractivity (Wildman–Crippen MR) is 118 cm³/mol. The molecule has 1 aromatic heterocycles. The van der Waals surface area contributed by atoms with Gasteiger partial charge in [-0.05, 0) is 59.3 Å². The van der Waals surface area contributed by atoms with E-state index in [0.717, 1.165) is 6.08 Å². The minimum atomic E-state index is -4.53. The van der Waals surface area contributed by atoms with Crippen molar-refractivity contribution in [3.05, 3.63) is 99.1 Å². The number of nitrogens with zero attached hydrogens (tertiary/aromatic N) is 3. The molecule has 0 aliphatic rings. The minimum Gasteiger partial charge on any atom is -0.858 e. The van der Waals surface area contributed by atoms with Crippen LogP contribution in [0.2, 0.25) is 10.0 Å². The first-order valence-corrected chi connectivity index (χ1v) is 10.2. The molecule has 1 unspecified atom stereocenters. The van der Waals surface area contributed by atoms with E-state index in [1.807, 2.05) is 0 Å². The Morgan fingerprint density at radius 2 is 1.75 bits per heavy atom. The van der Waals surface area contributed by atoms with Gasteiger partial charge in [0.05, 0.1) is 12.5 Å². The highest BCUT2D eigenvalue weighted by atomic mass is 35.5. The van der Waals surface area contributed by atoms with E-state index in [0.29, 0.717) is 22.5 Å². The minimum absolute atomic E-state index is 0.0379. The summed E-state index contributed by atoms with van der Waals surface area (Å²) >= 11 is 11.7. The molecule has 0 saturated heterocycles. The average molecular weight is 479 g/mol. The summed E-state index contributed by atoms with van der Waals surface area (Å²) in [4.78, 5) is 12.0. The Morgan fingerprint density at radius 3 is 2.34 bits per heavy atom. The van der Waals surface area contributed by atoms with E-state index in [1.165, 1.54) is 30.3 Å². The van der Waals surface area contributed by atoms with Gasteiger partial charge >= 0.3 is 6.18 Å². The molecule has 0 spiro atoms. The van der Waals surface area contributed by atoms with Crippen LogP contribution in [0.1, 0.15) is 34.0 Å². The van der Waals surface area contributed by atoms with Crippen molar-refractivity contribution in [2.24, 2.45) is 4.99 Å². The molecule has 0 aliphatic heterocycles. The Hall–Kier alpha value is -2.90. The third-order valence-corrected chi connectivity index (χ3v) is 4.98. The fourth-order valence-electron chi connectivity index (χ4n) is 3.04. The van der Waals surface area contributed by atoms with Gasteiger partial charge in [-0.15, -0.1) is 0 Å². The highest BCUT2D eigenvalue weighted by molar-refractivity contribution is 6.34. The maximum atomic E-state index is 13.6. The number of hydrogen-bond donors (Lipinski definition) is 0. The molecular weight excluding hydrogens is 462 g/mol. The SMILES string of the molecule is Cc1cc(/C=C/C(c2cc(Cl)cc(Cl)c2)C(F)(F)F)ccc1C([O-])=NCc1ncccn1. The highest BCUT2D eigenvalue weighted by Gasteiger charge is 2.39. The number of aryl methyl sites for hydroxylation is 1. The van der Waals surface area contributed by atoms with Gasteiger partial charge in [0, 0.05) is 22.4 Å². The van der Waals surface area contributed by atoms with Crippen LogP contribution in [0, 0.1) is 6.92 Å². The highest BCUT2D eigenvalue weighted by Crippen LogP contribution is 2.38. The first kappa shape index (κ1) is 23.8. The van der Waals surface area contributed by atoms with Gasteiger partial charge in [-0.3, -0.25) is 4.99 Å². The lowest BCUT2D eigenvalue weighted by Crippen LogP contribution is -2.20. The van der Waals surface area contributed by atoms with Gasteiger partial charge < -0.3 is 5.11 Å². The van der Waals surface area contributed by atoms with Gasteiger partial charge in [0.1, 0.15) is 5.82 Å². The summed E-state index contributed by atoms with van der Waals surface area (Å²) in [7, 11) is 0. The molecule has 32 heavy (non-hydrogen) atoms. The Bertz CT molecular complexity index is 1130. The number of allylic oxidation sites excluding steroid dienone is 1. The van der Waals surface area contributed by atoms with Gasteiger partial charge in [0.2, 0.25) is 0 Å². The summed E-state index contributed by atoms with van der Waals surface area (Å²) in [5, 5.41) is 12.6. The van der Waals surface area contributed by atoms with Gasteiger partial charge in [-0.25, -0.2) is 9.97 Å². The van der Waals surface area contributed by atoms with Crippen LogP contribution in [0.3, 0.4) is 0 Å². The fraction of sp³-hybridized carbons (Fsp3) is 0.174. The maximum absolute atomic E-state index is 13.6. The molecule has 0 N–H and O–H groups in total. The lowest BCUT2D eigenvalue weighted by atomic mass is 9.96. The van der Waals surface area contributed by atoms with E-state index in [-0.39, 0.29) is 22.2 Å². The number of rotatable bonds is 6. The average Bonchev–Trinajstić information content (AvgIpc) is 2.71. The molecule has 0 saturated carbocycles. The summed E-state index contributed by atoms with van der Waals surface area (Å²) < 4.78 is 40.9. The van der Waals surface area contributed by atoms with Crippen LogP contribution < -0.4 is 5.11 Å². The number of aliphatic imine (C=N–C) groups is 1. The van der Waals surface area contributed by atoms with Crippen LogP contribution in [-0.2, 0) is 6.54 Å². The van der Waals surface area contributed by atoms with Crippen molar-refractivity contribution in [2.45, 2.75) is 25.6 Å². The Morgan fingerprint density at radius 1 is 1.09 bits per heavy atom. The number of aromatic nitrogens is 2. The third kappa shape index (κ3) is 6.31. The quantitative estimate of drug-likeness (QED) is 0.334. The van der Waals surface area contributed by atoms with E-state index < -0.39 is 18.0 Å². The Labute approximate surface area is 193 Å². The van der Waals surface area contributed by atoms with E-state index in [9.17, 15) is 18.3 Å². The number of benzene rings is 2. The van der Waals surface area contributed by atoms with Crippen molar-refractivity contribution in [1.29, 1.82) is 0 Å². The van der Waals surface area contributed by atoms with Crippen molar-refractivity contribution in [3.63, 3.8) is 0 Å². The molecule has 0 fully saturated rings. The standard InChI is InChI=1S/C23H18Cl2F3N3O/c1-14-9-15(3-5-19(14)22(32)31-13-21-29-7-2-8-30-21)4-6-20(23(26,27)28)16-10-17(24)12-18(25)11-16/h2-12,20H,13H2,1H3,(H,31,32)/p-1/b6-4+. The summed E-state index contributed by atoms with van der Waals surface area (Å²) in [5.74, 6) is -1.93. The van der Waals surface area contributed by atoms with Crippen molar-refractivity contribution in [2.75, 3.05) is 0 Å². The summed E-state index contributed by atoms with van der Waals surface area (Å²) in [6, 6.07) is 10.2. The monoisotopic (exact) mass is 478 g/mol. The van der Waals surface area contributed by atoms with Crippen LogP contribution in [0.15, 0.2) is 65.9 Å². The van der Waals surface area contributed by atoms with Crippen molar-refractivity contribution in [3.8, 4) is 0 Å². The number of hydrogen-bond acceptors (Lipinski definition) is 4. The zero-order valence-electron chi connectivity index (χ0n) is 16.8. The van der Waals surface area contributed by atoms with Gasteiger partial charge in [0.15, 0.2) is 0 Å². The lowest BCUT2D eigenvalue weighted by molar-refractivity contribution is -0.213. The van der Waals surface area contributed by atoms with Crippen LogP contribution in [-0.4, -0.2) is 22.0 Å². The Kier molecular flexibility index (Phi) is 7.53. The van der Waals surface area contributed by atoms with Crippen LogP contribution in [0.25, 0.3) is 6.08 Å². The van der Waals surface area contributed by atoms with Gasteiger partial charge in [-0.1, -0.05) is 53.6 Å². The number of alkyl halides is 3. The normalized spacial score (nSPS) is 13.5. The molecule has 166 valence electrons.